The molecule has 1 saturated heterocycles. The van der Waals surface area contributed by atoms with Crippen LogP contribution in [0.4, 0.5) is 0 Å². The summed E-state index contributed by atoms with van der Waals surface area (Å²) in [4.78, 5) is 7.46. The first kappa shape index (κ1) is 23.7. The predicted octanol–water partition coefficient (Wildman–Crippen LogP) is 3.75. The fraction of sp³-hybridized carbons (Fsp3) is 0.737. The number of nitrogens with one attached hydrogen (secondary N) is 2. The second-order valence-electron chi connectivity index (χ2n) is 6.56. The van der Waals surface area contributed by atoms with Gasteiger partial charge >= 0.3 is 0 Å². The number of thiophene rings is 1. The van der Waals surface area contributed by atoms with Crippen molar-refractivity contribution in [2.45, 2.75) is 58.6 Å². The van der Waals surface area contributed by atoms with Crippen LogP contribution in [0.3, 0.4) is 0 Å². The first-order valence-electron chi connectivity index (χ1n) is 9.47. The molecule has 2 heterocycles. The third-order valence-electron chi connectivity index (χ3n) is 4.12. The molecule has 1 fully saturated rings. The van der Waals surface area contributed by atoms with Crippen molar-refractivity contribution in [3.8, 4) is 0 Å². The van der Waals surface area contributed by atoms with Gasteiger partial charge in [0.15, 0.2) is 5.96 Å². The minimum Gasteiger partial charge on any atom is -0.381 e. The molecule has 1 atom stereocenters. The Labute approximate surface area is 179 Å². The topological polar surface area (TPSA) is 54.9 Å². The fourth-order valence-corrected chi connectivity index (χ4v) is 3.87. The molecule has 2 N–H and O–H groups in total. The highest BCUT2D eigenvalue weighted by Gasteiger charge is 2.13. The first-order valence-corrected chi connectivity index (χ1v) is 10.3. The smallest absolute Gasteiger partial charge is 0.191 e. The highest BCUT2D eigenvalue weighted by Crippen LogP contribution is 2.16. The summed E-state index contributed by atoms with van der Waals surface area (Å²) >= 11 is 1.87. The molecule has 1 aromatic heterocycles. The second-order valence-corrected chi connectivity index (χ2v) is 7.93. The Kier molecular flexibility index (Phi) is 12.5. The van der Waals surface area contributed by atoms with Crippen LogP contribution in [-0.4, -0.2) is 51.0 Å². The summed E-state index contributed by atoms with van der Waals surface area (Å²) in [6.07, 6.45) is 4.39. The lowest BCUT2D eigenvalue weighted by atomic mass is 10.1. The number of hydrogen-bond donors (Lipinski definition) is 2. The predicted molar refractivity (Wildman–Crippen MR) is 121 cm³/mol. The monoisotopic (exact) mass is 495 g/mol. The number of hydrogen-bond acceptors (Lipinski definition) is 4. The molecule has 0 amide bonds. The first-order chi connectivity index (χ1) is 12.2. The SMILES string of the molecule is CCNC(=NCCCOC1CCOCC1)NC(C)Cc1ccc(C)s1.I. The molecule has 1 aliphatic heterocycles. The van der Waals surface area contributed by atoms with Gasteiger partial charge in [0.25, 0.3) is 0 Å². The van der Waals surface area contributed by atoms with Gasteiger partial charge in [-0.15, -0.1) is 35.3 Å². The molecule has 26 heavy (non-hydrogen) atoms. The number of rotatable bonds is 9. The van der Waals surface area contributed by atoms with E-state index in [1.807, 2.05) is 11.3 Å². The minimum atomic E-state index is 0. The van der Waals surface area contributed by atoms with E-state index >= 15 is 0 Å². The summed E-state index contributed by atoms with van der Waals surface area (Å²) in [7, 11) is 0. The number of nitrogens with zero attached hydrogens (tertiary/aromatic N) is 1. The van der Waals surface area contributed by atoms with Gasteiger partial charge in [0.05, 0.1) is 6.10 Å². The molecule has 0 aliphatic carbocycles. The van der Waals surface area contributed by atoms with Crippen LogP contribution in [0.2, 0.25) is 0 Å². The molecule has 5 nitrogen and oxygen atoms in total. The van der Waals surface area contributed by atoms with Gasteiger partial charge in [0, 0.05) is 55.1 Å². The lowest BCUT2D eigenvalue weighted by Gasteiger charge is -2.22. The van der Waals surface area contributed by atoms with E-state index < -0.39 is 0 Å². The van der Waals surface area contributed by atoms with Crippen LogP contribution in [0.15, 0.2) is 17.1 Å². The molecule has 0 bridgehead atoms. The average molecular weight is 495 g/mol. The lowest BCUT2D eigenvalue weighted by Crippen LogP contribution is -2.43. The van der Waals surface area contributed by atoms with Crippen molar-refractivity contribution in [2.75, 3.05) is 32.9 Å². The Morgan fingerprint density at radius 2 is 2.15 bits per heavy atom. The van der Waals surface area contributed by atoms with Crippen molar-refractivity contribution in [3.05, 3.63) is 21.9 Å². The Morgan fingerprint density at radius 3 is 2.81 bits per heavy atom. The van der Waals surface area contributed by atoms with E-state index in [1.54, 1.807) is 0 Å². The molecule has 7 heteroatoms. The van der Waals surface area contributed by atoms with E-state index in [2.05, 4.69) is 48.5 Å². The van der Waals surface area contributed by atoms with Crippen LogP contribution in [0.1, 0.15) is 42.9 Å². The maximum absolute atomic E-state index is 5.90. The highest BCUT2D eigenvalue weighted by atomic mass is 127. The number of aryl methyl sites for hydroxylation is 1. The molecule has 1 unspecified atom stereocenters. The summed E-state index contributed by atoms with van der Waals surface area (Å²) < 4.78 is 11.2. The van der Waals surface area contributed by atoms with E-state index in [1.165, 1.54) is 9.75 Å². The largest absolute Gasteiger partial charge is 0.381 e. The van der Waals surface area contributed by atoms with Crippen molar-refractivity contribution in [2.24, 2.45) is 4.99 Å². The van der Waals surface area contributed by atoms with Gasteiger partial charge < -0.3 is 20.1 Å². The molecule has 0 radical (unpaired) electrons. The zero-order valence-electron chi connectivity index (χ0n) is 16.3. The summed E-state index contributed by atoms with van der Waals surface area (Å²) in [6, 6.07) is 4.76. The average Bonchev–Trinajstić information content (AvgIpc) is 3.00. The van der Waals surface area contributed by atoms with Crippen LogP contribution in [-0.2, 0) is 15.9 Å². The Hall–Kier alpha value is -0.380. The molecular formula is C19H34IN3O2S. The third-order valence-corrected chi connectivity index (χ3v) is 5.15. The zero-order chi connectivity index (χ0) is 17.9. The van der Waals surface area contributed by atoms with Crippen molar-refractivity contribution < 1.29 is 9.47 Å². The number of aliphatic imine (C=N–C) groups is 1. The maximum Gasteiger partial charge on any atom is 0.191 e. The summed E-state index contributed by atoms with van der Waals surface area (Å²) in [6.45, 7) is 10.5. The number of guanidine groups is 1. The quantitative estimate of drug-likeness (QED) is 0.237. The molecule has 150 valence electrons. The van der Waals surface area contributed by atoms with E-state index in [0.717, 1.165) is 64.6 Å². The normalized spacial score (nSPS) is 16.8. The molecule has 2 rings (SSSR count). The van der Waals surface area contributed by atoms with Gasteiger partial charge in [0.1, 0.15) is 0 Å². The van der Waals surface area contributed by atoms with E-state index in [0.29, 0.717) is 12.1 Å². The van der Waals surface area contributed by atoms with Gasteiger partial charge in [0.2, 0.25) is 0 Å². The van der Waals surface area contributed by atoms with E-state index in [4.69, 9.17) is 9.47 Å². The second kappa shape index (κ2) is 13.7. The number of halogens is 1. The van der Waals surface area contributed by atoms with Gasteiger partial charge in [-0.3, -0.25) is 4.99 Å². The highest BCUT2D eigenvalue weighted by molar-refractivity contribution is 14.0. The Bertz CT molecular complexity index is 519. The van der Waals surface area contributed by atoms with E-state index in [9.17, 15) is 0 Å². The lowest BCUT2D eigenvalue weighted by molar-refractivity contribution is -0.0318. The van der Waals surface area contributed by atoms with Crippen molar-refractivity contribution in [3.63, 3.8) is 0 Å². The van der Waals surface area contributed by atoms with Gasteiger partial charge in [-0.05, 0) is 52.2 Å². The Morgan fingerprint density at radius 1 is 1.38 bits per heavy atom. The van der Waals surface area contributed by atoms with Crippen LogP contribution in [0, 0.1) is 6.92 Å². The maximum atomic E-state index is 5.90. The van der Waals surface area contributed by atoms with Gasteiger partial charge in [-0.25, -0.2) is 0 Å². The van der Waals surface area contributed by atoms with Crippen molar-refractivity contribution >= 4 is 41.3 Å². The summed E-state index contributed by atoms with van der Waals surface area (Å²) in [5.41, 5.74) is 0. The van der Waals surface area contributed by atoms with Crippen LogP contribution >= 0.6 is 35.3 Å². The molecule has 1 aromatic rings. The Balaban J connectivity index is 0.00000338. The van der Waals surface area contributed by atoms with Crippen LogP contribution in [0.25, 0.3) is 0 Å². The third kappa shape index (κ3) is 9.53. The molecule has 0 aromatic carbocycles. The van der Waals surface area contributed by atoms with Crippen molar-refractivity contribution in [1.82, 2.24) is 10.6 Å². The van der Waals surface area contributed by atoms with Crippen molar-refractivity contribution in [1.29, 1.82) is 0 Å². The molecule has 0 spiro atoms. The van der Waals surface area contributed by atoms with Crippen LogP contribution < -0.4 is 10.6 Å². The van der Waals surface area contributed by atoms with E-state index in [-0.39, 0.29) is 24.0 Å². The molecular weight excluding hydrogens is 461 g/mol. The number of ether oxygens (including phenoxy) is 2. The molecule has 1 aliphatic rings. The summed E-state index contributed by atoms with van der Waals surface area (Å²) in [5.74, 6) is 0.898. The standard InChI is InChI=1S/C19H33N3O2S.HI/c1-4-20-19(22-15(2)14-18-7-6-16(3)25-18)21-10-5-11-24-17-8-12-23-13-9-17;/h6-7,15,17H,4-5,8-14H2,1-3H3,(H2,20,21,22);1H. The fourth-order valence-electron chi connectivity index (χ4n) is 2.85. The van der Waals surface area contributed by atoms with Gasteiger partial charge in [-0.2, -0.15) is 0 Å². The zero-order valence-corrected chi connectivity index (χ0v) is 19.4. The van der Waals surface area contributed by atoms with Gasteiger partial charge in [-0.1, -0.05) is 0 Å². The van der Waals surface area contributed by atoms with Crippen LogP contribution in [0.5, 0.6) is 0 Å². The summed E-state index contributed by atoms with van der Waals surface area (Å²) in [5, 5.41) is 6.83. The molecule has 0 saturated carbocycles. The minimum absolute atomic E-state index is 0.